The number of benzene rings is 1. The molecule has 102 valence electrons. The largest absolute Gasteiger partial charge is 0.333 e. The molecular weight excluding hydrogens is 282 g/mol. The van der Waals surface area contributed by atoms with Gasteiger partial charge in [-0.05, 0) is 36.1 Å². The third-order valence-electron chi connectivity index (χ3n) is 3.78. The van der Waals surface area contributed by atoms with E-state index in [2.05, 4.69) is 40.5 Å². The molecule has 5 heteroatoms. The highest BCUT2D eigenvalue weighted by Crippen LogP contribution is 2.34. The van der Waals surface area contributed by atoms with E-state index < -0.39 is 0 Å². The molecule has 1 aromatic carbocycles. The van der Waals surface area contributed by atoms with Gasteiger partial charge in [-0.1, -0.05) is 29.4 Å². The molecule has 0 bridgehead atoms. The third kappa shape index (κ3) is 2.14. The van der Waals surface area contributed by atoms with Crippen molar-refractivity contribution in [3.63, 3.8) is 0 Å². The van der Waals surface area contributed by atoms with Gasteiger partial charge in [0.25, 0.3) is 5.89 Å². The maximum Gasteiger partial charge on any atom is 0.268 e. The van der Waals surface area contributed by atoms with Crippen molar-refractivity contribution in [3.05, 3.63) is 58.2 Å². The lowest BCUT2D eigenvalue weighted by molar-refractivity contribution is 0.417. The summed E-state index contributed by atoms with van der Waals surface area (Å²) in [7, 11) is 0. The standard InChI is InChI=1S/C16H11N3OS/c17-9-13-5-6-14(21-13)16-18-15(19-20-16)12-7-10-3-1-2-4-11(10)8-12/h1-6,12H,7-8H2. The van der Waals surface area contributed by atoms with Gasteiger partial charge in [0.2, 0.25) is 0 Å². The minimum Gasteiger partial charge on any atom is -0.333 e. The summed E-state index contributed by atoms with van der Waals surface area (Å²) in [4.78, 5) is 6.02. The van der Waals surface area contributed by atoms with E-state index in [-0.39, 0.29) is 5.92 Å². The van der Waals surface area contributed by atoms with E-state index in [0.717, 1.165) is 23.5 Å². The molecule has 0 spiro atoms. The van der Waals surface area contributed by atoms with Crippen LogP contribution in [0.25, 0.3) is 10.8 Å². The fourth-order valence-corrected chi connectivity index (χ4v) is 3.48. The summed E-state index contributed by atoms with van der Waals surface area (Å²) >= 11 is 1.37. The van der Waals surface area contributed by atoms with Crippen LogP contribution >= 0.6 is 11.3 Å². The number of nitriles is 1. The summed E-state index contributed by atoms with van der Waals surface area (Å²) in [6.45, 7) is 0. The zero-order valence-corrected chi connectivity index (χ0v) is 11.9. The molecule has 21 heavy (non-hydrogen) atoms. The van der Waals surface area contributed by atoms with Crippen molar-refractivity contribution in [3.8, 4) is 16.8 Å². The lowest BCUT2D eigenvalue weighted by atomic mass is 10.1. The third-order valence-corrected chi connectivity index (χ3v) is 4.76. The first kappa shape index (κ1) is 12.3. The van der Waals surface area contributed by atoms with Crippen molar-refractivity contribution < 1.29 is 4.52 Å². The molecule has 0 radical (unpaired) electrons. The van der Waals surface area contributed by atoms with Crippen molar-refractivity contribution in [1.29, 1.82) is 5.26 Å². The number of thiophene rings is 1. The van der Waals surface area contributed by atoms with E-state index in [1.807, 2.05) is 6.07 Å². The Labute approximate surface area is 125 Å². The summed E-state index contributed by atoms with van der Waals surface area (Å²) in [5.41, 5.74) is 2.74. The van der Waals surface area contributed by atoms with Crippen molar-refractivity contribution >= 4 is 11.3 Å². The predicted molar refractivity (Wildman–Crippen MR) is 78.9 cm³/mol. The molecule has 0 fully saturated rings. The second-order valence-corrected chi connectivity index (χ2v) is 6.19. The van der Waals surface area contributed by atoms with E-state index in [4.69, 9.17) is 9.78 Å². The number of fused-ring (bicyclic) bond motifs is 1. The SMILES string of the molecule is N#Cc1ccc(-c2nc(C3Cc4ccccc4C3)no2)s1. The average molecular weight is 293 g/mol. The maximum atomic E-state index is 8.87. The van der Waals surface area contributed by atoms with Crippen LogP contribution in [0.1, 0.15) is 27.7 Å². The van der Waals surface area contributed by atoms with Gasteiger partial charge in [0, 0.05) is 5.92 Å². The molecule has 0 aliphatic heterocycles. The molecule has 0 atom stereocenters. The van der Waals surface area contributed by atoms with Crippen molar-refractivity contribution in [1.82, 2.24) is 10.1 Å². The van der Waals surface area contributed by atoms with Gasteiger partial charge in [0.1, 0.15) is 10.9 Å². The molecule has 1 aliphatic carbocycles. The first-order valence-electron chi connectivity index (χ1n) is 6.74. The maximum absolute atomic E-state index is 8.87. The highest BCUT2D eigenvalue weighted by atomic mass is 32.1. The summed E-state index contributed by atoms with van der Waals surface area (Å²) in [6.07, 6.45) is 1.92. The Kier molecular flexibility index (Phi) is 2.83. The Hall–Kier alpha value is -2.45. The Bertz CT molecular complexity index is 818. The molecule has 4 nitrogen and oxygen atoms in total. The minimum atomic E-state index is 0.287. The lowest BCUT2D eigenvalue weighted by Crippen LogP contribution is -2.00. The molecule has 4 rings (SSSR count). The van der Waals surface area contributed by atoms with Crippen LogP contribution in [-0.2, 0) is 12.8 Å². The first-order valence-corrected chi connectivity index (χ1v) is 7.56. The fourth-order valence-electron chi connectivity index (χ4n) is 2.76. The second-order valence-electron chi connectivity index (χ2n) is 5.11. The van der Waals surface area contributed by atoms with E-state index in [1.165, 1.54) is 22.5 Å². The molecule has 2 heterocycles. The zero-order valence-electron chi connectivity index (χ0n) is 11.1. The Morgan fingerprint density at radius 1 is 1.14 bits per heavy atom. The fraction of sp³-hybridized carbons (Fsp3) is 0.188. The van der Waals surface area contributed by atoms with Gasteiger partial charge in [-0.25, -0.2) is 0 Å². The molecule has 3 aromatic rings. The van der Waals surface area contributed by atoms with E-state index >= 15 is 0 Å². The summed E-state index contributed by atoms with van der Waals surface area (Å²) in [6, 6.07) is 14.2. The smallest absolute Gasteiger partial charge is 0.268 e. The Morgan fingerprint density at radius 2 is 1.90 bits per heavy atom. The lowest BCUT2D eigenvalue weighted by Gasteiger charge is -2.00. The Morgan fingerprint density at radius 3 is 2.57 bits per heavy atom. The first-order chi connectivity index (χ1) is 10.3. The van der Waals surface area contributed by atoms with Crippen LogP contribution in [0.15, 0.2) is 40.9 Å². The monoisotopic (exact) mass is 293 g/mol. The van der Waals surface area contributed by atoms with Gasteiger partial charge < -0.3 is 4.52 Å². The number of rotatable bonds is 2. The molecule has 0 amide bonds. The topological polar surface area (TPSA) is 62.7 Å². The van der Waals surface area contributed by atoms with Gasteiger partial charge in [0.05, 0.1) is 4.88 Å². The van der Waals surface area contributed by atoms with Crippen LogP contribution in [0.2, 0.25) is 0 Å². The second kappa shape index (κ2) is 4.83. The Balaban J connectivity index is 1.60. The summed E-state index contributed by atoms with van der Waals surface area (Å²) < 4.78 is 5.36. The minimum absolute atomic E-state index is 0.287. The summed E-state index contributed by atoms with van der Waals surface area (Å²) in [5, 5.41) is 13.0. The number of nitrogens with zero attached hydrogens (tertiary/aromatic N) is 3. The normalized spacial score (nSPS) is 14.0. The number of hydrogen-bond acceptors (Lipinski definition) is 5. The van der Waals surface area contributed by atoms with Crippen LogP contribution in [0.4, 0.5) is 0 Å². The molecule has 2 aromatic heterocycles. The summed E-state index contributed by atoms with van der Waals surface area (Å²) in [5.74, 6) is 1.55. The van der Waals surface area contributed by atoms with E-state index in [0.29, 0.717) is 10.8 Å². The van der Waals surface area contributed by atoms with Crippen LogP contribution < -0.4 is 0 Å². The molecular formula is C16H11N3OS. The van der Waals surface area contributed by atoms with Gasteiger partial charge >= 0.3 is 0 Å². The quantitative estimate of drug-likeness (QED) is 0.725. The molecule has 0 saturated carbocycles. The highest BCUT2D eigenvalue weighted by molar-refractivity contribution is 7.15. The van der Waals surface area contributed by atoms with Crippen LogP contribution in [-0.4, -0.2) is 10.1 Å². The van der Waals surface area contributed by atoms with Crippen molar-refractivity contribution in [2.75, 3.05) is 0 Å². The van der Waals surface area contributed by atoms with Crippen molar-refractivity contribution in [2.24, 2.45) is 0 Å². The van der Waals surface area contributed by atoms with Gasteiger partial charge in [-0.2, -0.15) is 10.2 Å². The zero-order chi connectivity index (χ0) is 14.2. The molecule has 0 unspecified atom stereocenters. The van der Waals surface area contributed by atoms with Crippen LogP contribution in [0.5, 0.6) is 0 Å². The average Bonchev–Trinajstić information content (AvgIpc) is 3.24. The van der Waals surface area contributed by atoms with Crippen molar-refractivity contribution in [2.45, 2.75) is 18.8 Å². The van der Waals surface area contributed by atoms with E-state index in [9.17, 15) is 0 Å². The predicted octanol–water partition coefficient (Wildman–Crippen LogP) is 3.55. The molecule has 1 aliphatic rings. The number of hydrogen-bond donors (Lipinski definition) is 0. The van der Waals surface area contributed by atoms with Gasteiger partial charge in [-0.3, -0.25) is 0 Å². The van der Waals surface area contributed by atoms with Gasteiger partial charge in [0.15, 0.2) is 5.82 Å². The molecule has 0 saturated heterocycles. The van der Waals surface area contributed by atoms with Gasteiger partial charge in [-0.15, -0.1) is 11.3 Å². The highest BCUT2D eigenvalue weighted by Gasteiger charge is 2.27. The van der Waals surface area contributed by atoms with E-state index in [1.54, 1.807) is 6.07 Å². The number of aromatic nitrogens is 2. The molecule has 0 N–H and O–H groups in total. The van der Waals surface area contributed by atoms with Crippen LogP contribution in [0, 0.1) is 11.3 Å². The van der Waals surface area contributed by atoms with Crippen LogP contribution in [0.3, 0.4) is 0 Å².